The van der Waals surface area contributed by atoms with E-state index in [1.807, 2.05) is 13.8 Å². The normalized spacial score (nSPS) is 11.0. The van der Waals surface area contributed by atoms with Gasteiger partial charge in [0.2, 0.25) is 5.89 Å². The molecule has 0 aliphatic heterocycles. The first-order chi connectivity index (χ1) is 5.74. The molecule has 68 valence electrons. The predicted molar refractivity (Wildman–Crippen MR) is 44.0 cm³/mol. The average molecular weight is 170 g/mol. The summed E-state index contributed by atoms with van der Waals surface area (Å²) in [5.41, 5.74) is 0. The molecular weight excluding hydrogens is 156 g/mol. The topological polar surface area (TPSA) is 48.2 Å². The molecule has 0 bridgehead atoms. The molecule has 1 heterocycles. The molecule has 1 aromatic rings. The molecule has 4 nitrogen and oxygen atoms in total. The molecule has 0 aliphatic rings. The van der Waals surface area contributed by atoms with Crippen LogP contribution < -0.4 is 0 Å². The molecule has 0 saturated carbocycles. The molecule has 0 unspecified atom stereocenters. The van der Waals surface area contributed by atoms with Gasteiger partial charge in [-0.25, -0.2) is 0 Å². The van der Waals surface area contributed by atoms with Crippen molar-refractivity contribution in [2.24, 2.45) is 0 Å². The molecule has 0 aliphatic carbocycles. The summed E-state index contributed by atoms with van der Waals surface area (Å²) in [4.78, 5) is 4.19. The smallest absolute Gasteiger partial charge is 0.228 e. The highest BCUT2D eigenvalue weighted by molar-refractivity contribution is 4.91. The minimum absolute atomic E-state index is 0.324. The van der Waals surface area contributed by atoms with Crippen molar-refractivity contribution in [2.45, 2.75) is 26.2 Å². The highest BCUT2D eigenvalue weighted by Crippen LogP contribution is 2.09. The molecule has 0 saturated heterocycles. The van der Waals surface area contributed by atoms with Crippen molar-refractivity contribution in [1.29, 1.82) is 0 Å². The van der Waals surface area contributed by atoms with E-state index >= 15 is 0 Å². The van der Waals surface area contributed by atoms with Gasteiger partial charge in [0.25, 0.3) is 0 Å². The van der Waals surface area contributed by atoms with E-state index in [2.05, 4.69) is 10.1 Å². The van der Waals surface area contributed by atoms with E-state index in [9.17, 15) is 0 Å². The molecule has 4 heteroatoms. The zero-order valence-corrected chi connectivity index (χ0v) is 7.70. The molecule has 0 N–H and O–H groups in total. The fourth-order valence-corrected chi connectivity index (χ4v) is 0.793. The fraction of sp³-hybridized carbons (Fsp3) is 0.750. The maximum absolute atomic E-state index is 4.99. The van der Waals surface area contributed by atoms with Crippen molar-refractivity contribution in [3.63, 3.8) is 0 Å². The monoisotopic (exact) mass is 170 g/mol. The van der Waals surface area contributed by atoms with Crippen molar-refractivity contribution < 1.29 is 9.26 Å². The first-order valence-corrected chi connectivity index (χ1v) is 4.05. The van der Waals surface area contributed by atoms with Crippen LogP contribution in [0.1, 0.15) is 31.5 Å². The van der Waals surface area contributed by atoms with Crippen LogP contribution in [0, 0.1) is 0 Å². The second-order valence-corrected chi connectivity index (χ2v) is 2.94. The number of ether oxygens (including phenoxy) is 1. The van der Waals surface area contributed by atoms with Gasteiger partial charge in [0, 0.05) is 13.0 Å². The van der Waals surface area contributed by atoms with Gasteiger partial charge in [-0.1, -0.05) is 19.0 Å². The van der Waals surface area contributed by atoms with Crippen LogP contribution >= 0.6 is 0 Å². The van der Waals surface area contributed by atoms with Crippen molar-refractivity contribution in [3.8, 4) is 0 Å². The lowest BCUT2D eigenvalue weighted by molar-refractivity contribution is 0.192. The summed E-state index contributed by atoms with van der Waals surface area (Å²) in [7, 11) is 1.65. The summed E-state index contributed by atoms with van der Waals surface area (Å²) in [5, 5.41) is 3.83. The van der Waals surface area contributed by atoms with E-state index < -0.39 is 0 Å². The van der Waals surface area contributed by atoms with Crippen LogP contribution in [0.4, 0.5) is 0 Å². The van der Waals surface area contributed by atoms with E-state index in [0.29, 0.717) is 24.8 Å². The Balaban J connectivity index is 2.52. The lowest BCUT2D eigenvalue weighted by atomic mass is 10.2. The highest BCUT2D eigenvalue weighted by atomic mass is 16.5. The molecule has 0 aromatic carbocycles. The predicted octanol–water partition coefficient (Wildman–Crippen LogP) is 1.38. The van der Waals surface area contributed by atoms with Crippen LogP contribution in [0.15, 0.2) is 4.52 Å². The number of aromatic nitrogens is 2. The summed E-state index contributed by atoms with van der Waals surface area (Å²) >= 11 is 0. The third-order valence-electron chi connectivity index (χ3n) is 1.52. The minimum atomic E-state index is 0.324. The van der Waals surface area contributed by atoms with Gasteiger partial charge >= 0.3 is 0 Å². The molecule has 0 amide bonds. The summed E-state index contributed by atoms with van der Waals surface area (Å²) in [6.45, 7) is 4.69. The van der Waals surface area contributed by atoms with Gasteiger partial charge in [0.15, 0.2) is 5.82 Å². The maximum Gasteiger partial charge on any atom is 0.228 e. The van der Waals surface area contributed by atoms with Crippen LogP contribution in [-0.4, -0.2) is 23.9 Å². The first kappa shape index (κ1) is 9.19. The maximum atomic E-state index is 4.99. The number of hydrogen-bond acceptors (Lipinski definition) is 4. The van der Waals surface area contributed by atoms with Crippen LogP contribution in [0.2, 0.25) is 0 Å². The summed E-state index contributed by atoms with van der Waals surface area (Å²) < 4.78 is 9.87. The Morgan fingerprint density at radius 2 is 2.25 bits per heavy atom. The molecule has 0 fully saturated rings. The molecule has 0 spiro atoms. The van der Waals surface area contributed by atoms with E-state index in [4.69, 9.17) is 9.26 Å². The Morgan fingerprint density at radius 3 is 2.75 bits per heavy atom. The van der Waals surface area contributed by atoms with Crippen molar-refractivity contribution >= 4 is 0 Å². The van der Waals surface area contributed by atoms with Gasteiger partial charge < -0.3 is 9.26 Å². The third-order valence-corrected chi connectivity index (χ3v) is 1.52. The largest absolute Gasteiger partial charge is 0.384 e. The Kier molecular flexibility index (Phi) is 3.22. The van der Waals surface area contributed by atoms with Gasteiger partial charge in [0.05, 0.1) is 13.0 Å². The van der Waals surface area contributed by atoms with Gasteiger partial charge in [0.1, 0.15) is 0 Å². The number of methoxy groups -OCH3 is 1. The SMILES string of the molecule is COCCc1nc(C(C)C)no1. The molecule has 1 aromatic heterocycles. The van der Waals surface area contributed by atoms with E-state index in [-0.39, 0.29) is 0 Å². The van der Waals surface area contributed by atoms with Crippen molar-refractivity contribution in [1.82, 2.24) is 10.1 Å². The summed E-state index contributed by atoms with van der Waals surface area (Å²) in [6, 6.07) is 0. The van der Waals surface area contributed by atoms with E-state index in [1.54, 1.807) is 7.11 Å². The molecule has 0 radical (unpaired) electrons. The first-order valence-electron chi connectivity index (χ1n) is 4.05. The lowest BCUT2D eigenvalue weighted by Gasteiger charge is -1.92. The van der Waals surface area contributed by atoms with Crippen molar-refractivity contribution in [3.05, 3.63) is 11.7 Å². The average Bonchev–Trinajstić information content (AvgIpc) is 2.48. The van der Waals surface area contributed by atoms with Gasteiger partial charge in [-0.15, -0.1) is 0 Å². The zero-order chi connectivity index (χ0) is 8.97. The Hall–Kier alpha value is -0.900. The number of hydrogen-bond donors (Lipinski definition) is 0. The second kappa shape index (κ2) is 4.21. The van der Waals surface area contributed by atoms with Gasteiger partial charge in [-0.2, -0.15) is 4.98 Å². The minimum Gasteiger partial charge on any atom is -0.384 e. The van der Waals surface area contributed by atoms with E-state index in [0.717, 1.165) is 5.82 Å². The van der Waals surface area contributed by atoms with E-state index in [1.165, 1.54) is 0 Å². The standard InChI is InChI=1S/C8H14N2O2/c1-6(2)8-9-7(12-10-8)4-5-11-3/h6H,4-5H2,1-3H3. The van der Waals surface area contributed by atoms with Crippen LogP contribution in [0.5, 0.6) is 0 Å². The second-order valence-electron chi connectivity index (χ2n) is 2.94. The van der Waals surface area contributed by atoms with Gasteiger partial charge in [-0.05, 0) is 0 Å². The Labute approximate surface area is 71.9 Å². The quantitative estimate of drug-likeness (QED) is 0.685. The Morgan fingerprint density at radius 1 is 1.50 bits per heavy atom. The van der Waals surface area contributed by atoms with Crippen LogP contribution in [0.25, 0.3) is 0 Å². The summed E-state index contributed by atoms with van der Waals surface area (Å²) in [5.74, 6) is 1.74. The number of nitrogens with zero attached hydrogens (tertiary/aromatic N) is 2. The molecule has 1 rings (SSSR count). The van der Waals surface area contributed by atoms with Crippen LogP contribution in [0.3, 0.4) is 0 Å². The molecule has 0 atom stereocenters. The Bertz CT molecular complexity index is 233. The third kappa shape index (κ3) is 2.30. The van der Waals surface area contributed by atoms with Crippen LogP contribution in [-0.2, 0) is 11.2 Å². The zero-order valence-electron chi connectivity index (χ0n) is 7.70. The molecular formula is C8H14N2O2. The van der Waals surface area contributed by atoms with Gasteiger partial charge in [-0.3, -0.25) is 0 Å². The number of rotatable bonds is 4. The van der Waals surface area contributed by atoms with Crippen molar-refractivity contribution in [2.75, 3.05) is 13.7 Å². The lowest BCUT2D eigenvalue weighted by Crippen LogP contribution is -1.95. The molecule has 12 heavy (non-hydrogen) atoms. The fourth-order valence-electron chi connectivity index (χ4n) is 0.793. The summed E-state index contributed by atoms with van der Waals surface area (Å²) in [6.07, 6.45) is 0.691. The highest BCUT2D eigenvalue weighted by Gasteiger charge is 2.08.